The van der Waals surface area contributed by atoms with Crippen LogP contribution in [-0.2, 0) is 22.6 Å². The van der Waals surface area contributed by atoms with Crippen LogP contribution in [0.15, 0.2) is 65.8 Å². The van der Waals surface area contributed by atoms with Crippen molar-refractivity contribution < 1.29 is 32.9 Å². The number of nitrogens with one attached hydrogen (secondary N) is 2. The first-order valence-electron chi connectivity index (χ1n) is 11.3. The molecule has 0 saturated heterocycles. The quantitative estimate of drug-likeness (QED) is 0.234. The van der Waals surface area contributed by atoms with Crippen molar-refractivity contribution in [3.05, 3.63) is 83.2 Å². The maximum atomic E-state index is 13.0. The summed E-state index contributed by atoms with van der Waals surface area (Å²) in [4.78, 5) is 24.1. The van der Waals surface area contributed by atoms with Gasteiger partial charge in [0.05, 0.1) is 27.5 Å². The van der Waals surface area contributed by atoms with Crippen LogP contribution >= 0.6 is 0 Å². The summed E-state index contributed by atoms with van der Waals surface area (Å²) < 4.78 is 34.6. The van der Waals surface area contributed by atoms with Gasteiger partial charge in [0.2, 0.25) is 0 Å². The number of rotatable bonds is 11. The van der Waals surface area contributed by atoms with E-state index >= 15 is 0 Å². The van der Waals surface area contributed by atoms with Crippen molar-refractivity contribution in [2.24, 2.45) is 5.10 Å². The molecule has 0 bridgehead atoms. The van der Waals surface area contributed by atoms with Gasteiger partial charge in [0.1, 0.15) is 12.4 Å². The maximum absolute atomic E-state index is 13.0. The molecule has 3 rings (SSSR count). The van der Waals surface area contributed by atoms with Crippen molar-refractivity contribution >= 4 is 18.0 Å². The molecule has 10 heteroatoms. The molecule has 0 aliphatic rings. The Morgan fingerprint density at radius 1 is 0.811 bits per heavy atom. The maximum Gasteiger partial charge on any atom is 0.329 e. The molecule has 9 nitrogen and oxygen atoms in total. The van der Waals surface area contributed by atoms with Crippen molar-refractivity contribution in [3.63, 3.8) is 0 Å². The fourth-order valence-corrected chi connectivity index (χ4v) is 3.28. The molecule has 3 aromatic carbocycles. The van der Waals surface area contributed by atoms with E-state index in [2.05, 4.69) is 15.8 Å². The van der Waals surface area contributed by atoms with Gasteiger partial charge in [-0.25, -0.2) is 9.82 Å². The third-order valence-corrected chi connectivity index (χ3v) is 5.23. The Morgan fingerprint density at radius 3 is 2.16 bits per heavy atom. The monoisotopic (exact) mass is 509 g/mol. The summed E-state index contributed by atoms with van der Waals surface area (Å²) >= 11 is 0. The second-order valence-electron chi connectivity index (χ2n) is 7.72. The van der Waals surface area contributed by atoms with Gasteiger partial charge in [-0.1, -0.05) is 18.2 Å². The van der Waals surface area contributed by atoms with Crippen LogP contribution in [0.1, 0.15) is 16.7 Å². The lowest BCUT2D eigenvalue weighted by atomic mass is 10.1. The van der Waals surface area contributed by atoms with Crippen LogP contribution in [0.4, 0.5) is 4.39 Å². The van der Waals surface area contributed by atoms with Gasteiger partial charge >= 0.3 is 11.8 Å². The van der Waals surface area contributed by atoms with Crippen molar-refractivity contribution in [3.8, 4) is 23.0 Å². The summed E-state index contributed by atoms with van der Waals surface area (Å²) in [6, 6.07) is 16.5. The summed E-state index contributed by atoms with van der Waals surface area (Å²) in [5.74, 6) is 0.116. The van der Waals surface area contributed by atoms with Gasteiger partial charge in [0.25, 0.3) is 0 Å². The van der Waals surface area contributed by atoms with Gasteiger partial charge < -0.3 is 24.3 Å². The number of carbonyl (C=O) groups excluding carboxylic acids is 2. The van der Waals surface area contributed by atoms with Gasteiger partial charge in [0, 0.05) is 6.54 Å². The van der Waals surface area contributed by atoms with E-state index in [4.69, 9.17) is 18.9 Å². The number of hydrogen-bond donors (Lipinski definition) is 2. The lowest BCUT2D eigenvalue weighted by molar-refractivity contribution is -0.139. The average molecular weight is 510 g/mol. The van der Waals surface area contributed by atoms with Crippen LogP contribution in [0, 0.1) is 5.82 Å². The van der Waals surface area contributed by atoms with Crippen molar-refractivity contribution in [1.82, 2.24) is 10.7 Å². The van der Waals surface area contributed by atoms with Crippen LogP contribution in [-0.4, -0.2) is 45.9 Å². The van der Waals surface area contributed by atoms with Crippen LogP contribution in [0.2, 0.25) is 0 Å². The predicted octanol–water partition coefficient (Wildman–Crippen LogP) is 3.24. The van der Waals surface area contributed by atoms with E-state index in [-0.39, 0.29) is 19.0 Å². The number of ether oxygens (including phenoxy) is 4. The second kappa shape index (κ2) is 13.5. The smallest absolute Gasteiger partial charge is 0.329 e. The minimum absolute atomic E-state index is 0.237. The average Bonchev–Trinajstić information content (AvgIpc) is 2.92. The molecule has 0 aliphatic heterocycles. The zero-order valence-electron chi connectivity index (χ0n) is 20.7. The van der Waals surface area contributed by atoms with E-state index < -0.39 is 11.8 Å². The molecule has 0 aromatic heterocycles. The van der Waals surface area contributed by atoms with Crippen molar-refractivity contribution in [2.75, 3.05) is 27.9 Å². The van der Waals surface area contributed by atoms with E-state index in [0.29, 0.717) is 35.0 Å². The molecule has 194 valence electrons. The Balaban J connectivity index is 1.47. The summed E-state index contributed by atoms with van der Waals surface area (Å²) in [6.07, 6.45) is 1.87. The molecular weight excluding hydrogens is 481 g/mol. The minimum Gasteiger partial charge on any atom is -0.493 e. The Kier molecular flexibility index (Phi) is 9.83. The van der Waals surface area contributed by atoms with E-state index in [0.717, 1.165) is 11.1 Å². The zero-order valence-corrected chi connectivity index (χ0v) is 20.7. The molecule has 3 aromatic rings. The summed E-state index contributed by atoms with van der Waals surface area (Å²) in [7, 11) is 4.59. The molecular formula is C27H28FN3O6. The molecule has 0 aliphatic carbocycles. The Bertz CT molecular complexity index is 1250. The van der Waals surface area contributed by atoms with Crippen LogP contribution in [0.3, 0.4) is 0 Å². The van der Waals surface area contributed by atoms with E-state index in [1.165, 1.54) is 25.5 Å². The zero-order chi connectivity index (χ0) is 26.6. The minimum atomic E-state index is -0.894. The second-order valence-corrected chi connectivity index (χ2v) is 7.72. The number of halogens is 1. The predicted molar refractivity (Wildman–Crippen MR) is 136 cm³/mol. The summed E-state index contributed by atoms with van der Waals surface area (Å²) in [5, 5.41) is 6.38. The van der Waals surface area contributed by atoms with Gasteiger partial charge in [-0.05, 0) is 65.6 Å². The van der Waals surface area contributed by atoms with Gasteiger partial charge in [-0.2, -0.15) is 5.10 Å². The number of carbonyl (C=O) groups is 2. The molecule has 0 radical (unpaired) electrons. The van der Waals surface area contributed by atoms with Crippen LogP contribution < -0.4 is 29.7 Å². The lowest BCUT2D eigenvalue weighted by Gasteiger charge is -2.11. The fourth-order valence-electron chi connectivity index (χ4n) is 3.28. The molecule has 37 heavy (non-hydrogen) atoms. The SMILES string of the molecule is COc1ccc(CCNC(=O)C(=O)N/N=C\c2ccc(OCc3ccc(F)cc3)c(OC)c2)cc1OC. The van der Waals surface area contributed by atoms with E-state index in [9.17, 15) is 14.0 Å². The molecule has 0 saturated carbocycles. The number of nitrogens with zero attached hydrogens (tertiary/aromatic N) is 1. The topological polar surface area (TPSA) is 107 Å². The highest BCUT2D eigenvalue weighted by Crippen LogP contribution is 2.29. The molecule has 2 N–H and O–H groups in total. The Hall–Kier alpha value is -4.60. The van der Waals surface area contributed by atoms with Crippen molar-refractivity contribution in [2.45, 2.75) is 13.0 Å². The van der Waals surface area contributed by atoms with Gasteiger partial charge in [-0.15, -0.1) is 0 Å². The van der Waals surface area contributed by atoms with Crippen LogP contribution in [0.25, 0.3) is 0 Å². The number of benzene rings is 3. The molecule has 2 amide bonds. The molecule has 0 unspecified atom stereocenters. The number of methoxy groups -OCH3 is 3. The first-order valence-corrected chi connectivity index (χ1v) is 11.3. The Labute approximate surface area is 214 Å². The molecule has 0 atom stereocenters. The highest BCUT2D eigenvalue weighted by atomic mass is 19.1. The van der Waals surface area contributed by atoms with Crippen molar-refractivity contribution in [1.29, 1.82) is 0 Å². The number of hydrazone groups is 1. The standard InChI is InChI=1S/C27H28FN3O6/c1-34-22-10-6-18(14-24(22)35-2)12-13-29-26(32)27(33)31-30-16-20-7-11-23(25(15-20)36-3)37-17-19-4-8-21(28)9-5-19/h4-11,14-16H,12-13,17H2,1-3H3,(H,29,32)(H,31,33)/b30-16-. The highest BCUT2D eigenvalue weighted by Gasteiger charge is 2.12. The molecule has 0 spiro atoms. The first kappa shape index (κ1) is 27.0. The Morgan fingerprint density at radius 2 is 1.46 bits per heavy atom. The van der Waals surface area contributed by atoms with Gasteiger partial charge in [0.15, 0.2) is 23.0 Å². The summed E-state index contributed by atoms with van der Waals surface area (Å²) in [5.41, 5.74) is 4.52. The third kappa shape index (κ3) is 7.96. The highest BCUT2D eigenvalue weighted by molar-refractivity contribution is 6.35. The summed E-state index contributed by atoms with van der Waals surface area (Å²) in [6.45, 7) is 0.489. The number of amides is 2. The third-order valence-electron chi connectivity index (χ3n) is 5.23. The fraction of sp³-hybridized carbons (Fsp3) is 0.222. The van der Waals surface area contributed by atoms with E-state index in [1.54, 1.807) is 50.6 Å². The first-order chi connectivity index (χ1) is 17.9. The molecule has 0 fully saturated rings. The van der Waals surface area contributed by atoms with Crippen LogP contribution in [0.5, 0.6) is 23.0 Å². The number of hydrogen-bond acceptors (Lipinski definition) is 7. The lowest BCUT2D eigenvalue weighted by Crippen LogP contribution is -2.38. The van der Waals surface area contributed by atoms with Gasteiger partial charge in [-0.3, -0.25) is 9.59 Å². The molecule has 0 heterocycles. The normalized spacial score (nSPS) is 10.6. The van der Waals surface area contributed by atoms with E-state index in [1.807, 2.05) is 12.1 Å². The largest absolute Gasteiger partial charge is 0.493 e.